The number of amides is 1. The molecule has 3 rings (SSSR count). The Bertz CT molecular complexity index is 510. The van der Waals surface area contributed by atoms with Gasteiger partial charge in [-0.15, -0.1) is 0 Å². The molecule has 1 saturated heterocycles. The van der Waals surface area contributed by atoms with E-state index in [4.69, 9.17) is 10.3 Å². The van der Waals surface area contributed by atoms with Gasteiger partial charge in [0.15, 0.2) is 5.69 Å². The minimum Gasteiger partial charge on any atom is -0.360 e. The monoisotopic (exact) mass is 305 g/mol. The van der Waals surface area contributed by atoms with E-state index in [2.05, 4.69) is 12.1 Å². The first kappa shape index (κ1) is 15.5. The van der Waals surface area contributed by atoms with Crippen molar-refractivity contribution in [2.45, 2.75) is 63.8 Å². The summed E-state index contributed by atoms with van der Waals surface area (Å²) in [6.07, 6.45) is 7.76. The van der Waals surface area contributed by atoms with Crippen molar-refractivity contribution in [1.82, 2.24) is 10.1 Å². The highest BCUT2D eigenvalue weighted by Crippen LogP contribution is 2.37. The van der Waals surface area contributed by atoms with E-state index >= 15 is 0 Å². The van der Waals surface area contributed by atoms with Gasteiger partial charge in [-0.05, 0) is 51.0 Å². The van der Waals surface area contributed by atoms with Crippen LogP contribution >= 0.6 is 0 Å². The van der Waals surface area contributed by atoms with Crippen LogP contribution < -0.4 is 5.73 Å². The second-order valence-electron chi connectivity index (χ2n) is 6.86. The number of carbonyl (C=O) groups is 1. The maximum atomic E-state index is 12.8. The van der Waals surface area contributed by atoms with Crippen LogP contribution in [0.1, 0.15) is 74.0 Å². The molecule has 5 nitrogen and oxygen atoms in total. The summed E-state index contributed by atoms with van der Waals surface area (Å²) in [4.78, 5) is 14.8. The molecule has 2 N–H and O–H groups in total. The fraction of sp³-hybridized carbons (Fsp3) is 0.765. The predicted octanol–water partition coefficient (Wildman–Crippen LogP) is 2.92. The van der Waals surface area contributed by atoms with Crippen LogP contribution in [0.15, 0.2) is 10.6 Å². The van der Waals surface area contributed by atoms with Gasteiger partial charge < -0.3 is 15.2 Å². The van der Waals surface area contributed by atoms with Crippen molar-refractivity contribution in [2.24, 2.45) is 11.7 Å². The molecule has 1 aromatic rings. The van der Waals surface area contributed by atoms with Gasteiger partial charge >= 0.3 is 0 Å². The van der Waals surface area contributed by atoms with Crippen LogP contribution in [0.3, 0.4) is 0 Å². The maximum Gasteiger partial charge on any atom is 0.276 e. The summed E-state index contributed by atoms with van der Waals surface area (Å²) in [5.74, 6) is 1.92. The van der Waals surface area contributed by atoms with Gasteiger partial charge in [-0.2, -0.15) is 0 Å². The number of nitrogens with zero attached hydrogens (tertiary/aromatic N) is 2. The molecule has 2 atom stereocenters. The molecular weight excluding hydrogens is 278 g/mol. The summed E-state index contributed by atoms with van der Waals surface area (Å²) >= 11 is 0. The van der Waals surface area contributed by atoms with E-state index in [0.29, 0.717) is 24.1 Å². The van der Waals surface area contributed by atoms with Crippen LogP contribution in [-0.4, -0.2) is 35.1 Å². The van der Waals surface area contributed by atoms with E-state index < -0.39 is 0 Å². The molecule has 2 fully saturated rings. The Labute approximate surface area is 132 Å². The van der Waals surface area contributed by atoms with E-state index in [0.717, 1.165) is 44.4 Å². The minimum atomic E-state index is 0.0305. The van der Waals surface area contributed by atoms with Crippen LogP contribution in [0.5, 0.6) is 0 Å². The average Bonchev–Trinajstić information content (AvgIpc) is 2.92. The second-order valence-corrected chi connectivity index (χ2v) is 6.86. The van der Waals surface area contributed by atoms with Gasteiger partial charge in [0.05, 0.1) is 0 Å². The number of hydrogen-bond acceptors (Lipinski definition) is 4. The summed E-state index contributed by atoms with van der Waals surface area (Å²) in [5, 5.41) is 4.04. The summed E-state index contributed by atoms with van der Waals surface area (Å²) in [7, 11) is 0. The molecular formula is C17H27N3O2. The largest absolute Gasteiger partial charge is 0.360 e. The predicted molar refractivity (Wildman–Crippen MR) is 84.6 cm³/mol. The van der Waals surface area contributed by atoms with Crippen molar-refractivity contribution < 1.29 is 9.32 Å². The third-order valence-electron chi connectivity index (χ3n) is 5.34. The number of nitrogens with two attached hydrogens (primary N) is 1. The van der Waals surface area contributed by atoms with Crippen molar-refractivity contribution in [3.05, 3.63) is 17.5 Å². The standard InChI is InChI=1S/C17H27N3O2/c1-12-5-4-10-20(15(12)8-3-9-18)17(21)14-11-16(22-19-14)13-6-2-7-13/h11-13,15H,2-10,18H2,1H3/t12-,15-/m1/s1. The van der Waals surface area contributed by atoms with Crippen molar-refractivity contribution >= 4 is 5.91 Å². The third-order valence-corrected chi connectivity index (χ3v) is 5.34. The van der Waals surface area contributed by atoms with Crippen LogP contribution in [0.4, 0.5) is 0 Å². The quantitative estimate of drug-likeness (QED) is 0.908. The highest BCUT2D eigenvalue weighted by Gasteiger charge is 2.34. The van der Waals surface area contributed by atoms with E-state index in [1.807, 2.05) is 11.0 Å². The molecule has 1 aliphatic heterocycles. The summed E-state index contributed by atoms with van der Waals surface area (Å²) in [6, 6.07) is 2.15. The molecule has 2 heterocycles. The minimum absolute atomic E-state index is 0.0305. The summed E-state index contributed by atoms with van der Waals surface area (Å²) in [6.45, 7) is 3.74. The average molecular weight is 305 g/mol. The molecule has 0 radical (unpaired) electrons. The van der Waals surface area contributed by atoms with Gasteiger partial charge in [0, 0.05) is 24.6 Å². The number of piperidine rings is 1. The third kappa shape index (κ3) is 3.05. The molecule has 5 heteroatoms. The first-order valence-electron chi connectivity index (χ1n) is 8.68. The number of likely N-dealkylation sites (tertiary alicyclic amines) is 1. The molecule has 0 spiro atoms. The molecule has 122 valence electrons. The molecule has 1 aromatic heterocycles. The van der Waals surface area contributed by atoms with Crippen LogP contribution in [0.25, 0.3) is 0 Å². The molecule has 1 saturated carbocycles. The molecule has 22 heavy (non-hydrogen) atoms. The first-order chi connectivity index (χ1) is 10.7. The molecule has 1 amide bonds. The van der Waals surface area contributed by atoms with E-state index in [-0.39, 0.29) is 11.9 Å². The Morgan fingerprint density at radius 3 is 2.91 bits per heavy atom. The Morgan fingerprint density at radius 1 is 1.41 bits per heavy atom. The van der Waals surface area contributed by atoms with Gasteiger partial charge in [-0.25, -0.2) is 0 Å². The van der Waals surface area contributed by atoms with Crippen molar-refractivity contribution in [2.75, 3.05) is 13.1 Å². The molecule has 2 aliphatic rings. The normalized spacial score (nSPS) is 26.0. The van der Waals surface area contributed by atoms with E-state index in [1.165, 1.54) is 12.8 Å². The van der Waals surface area contributed by atoms with Crippen molar-refractivity contribution in [1.29, 1.82) is 0 Å². The fourth-order valence-corrected chi connectivity index (χ4v) is 3.69. The van der Waals surface area contributed by atoms with Gasteiger partial charge in [-0.1, -0.05) is 18.5 Å². The number of aromatic nitrogens is 1. The number of rotatable bonds is 5. The smallest absolute Gasteiger partial charge is 0.276 e. The van der Waals surface area contributed by atoms with Gasteiger partial charge in [0.25, 0.3) is 5.91 Å². The Kier molecular flexibility index (Phi) is 4.81. The highest BCUT2D eigenvalue weighted by molar-refractivity contribution is 5.92. The van der Waals surface area contributed by atoms with Crippen LogP contribution in [0.2, 0.25) is 0 Å². The van der Waals surface area contributed by atoms with Crippen LogP contribution in [-0.2, 0) is 0 Å². The zero-order valence-electron chi connectivity index (χ0n) is 13.5. The molecule has 1 aliphatic carbocycles. The Balaban J connectivity index is 1.71. The molecule has 0 bridgehead atoms. The summed E-state index contributed by atoms with van der Waals surface area (Å²) in [5.41, 5.74) is 6.13. The number of hydrogen-bond donors (Lipinski definition) is 1. The summed E-state index contributed by atoms with van der Waals surface area (Å²) < 4.78 is 5.41. The lowest BCUT2D eigenvalue weighted by Crippen LogP contribution is -2.48. The van der Waals surface area contributed by atoms with E-state index in [9.17, 15) is 4.79 Å². The van der Waals surface area contributed by atoms with Crippen molar-refractivity contribution in [3.63, 3.8) is 0 Å². The lowest BCUT2D eigenvalue weighted by Gasteiger charge is -2.39. The second kappa shape index (κ2) is 6.82. The first-order valence-corrected chi connectivity index (χ1v) is 8.68. The van der Waals surface area contributed by atoms with E-state index in [1.54, 1.807) is 0 Å². The maximum absolute atomic E-state index is 12.8. The van der Waals surface area contributed by atoms with Gasteiger partial charge in [0.2, 0.25) is 0 Å². The van der Waals surface area contributed by atoms with Gasteiger partial charge in [0.1, 0.15) is 5.76 Å². The molecule has 0 unspecified atom stereocenters. The van der Waals surface area contributed by atoms with Crippen molar-refractivity contribution in [3.8, 4) is 0 Å². The topological polar surface area (TPSA) is 72.4 Å². The zero-order valence-corrected chi connectivity index (χ0v) is 13.5. The molecule has 0 aromatic carbocycles. The van der Waals surface area contributed by atoms with Gasteiger partial charge in [-0.3, -0.25) is 4.79 Å². The number of carbonyl (C=O) groups excluding carboxylic acids is 1. The SMILES string of the molecule is C[C@@H]1CCCN(C(=O)c2cc(C3CCC3)on2)[C@@H]1CCCN. The fourth-order valence-electron chi connectivity index (χ4n) is 3.69. The Morgan fingerprint density at radius 2 is 2.23 bits per heavy atom. The highest BCUT2D eigenvalue weighted by atomic mass is 16.5. The lowest BCUT2D eigenvalue weighted by atomic mass is 9.83. The Hall–Kier alpha value is -1.36. The zero-order chi connectivity index (χ0) is 15.5. The van der Waals surface area contributed by atoms with Crippen LogP contribution in [0, 0.1) is 5.92 Å². The lowest BCUT2D eigenvalue weighted by molar-refractivity contribution is 0.0486.